The molecule has 1 aromatic heterocycles. The van der Waals surface area contributed by atoms with Gasteiger partial charge in [0.15, 0.2) is 0 Å². The third-order valence-electron chi connectivity index (χ3n) is 3.68. The first-order chi connectivity index (χ1) is 8.29. The summed E-state index contributed by atoms with van der Waals surface area (Å²) in [6.45, 7) is 4.48. The zero-order valence-electron chi connectivity index (χ0n) is 11.7. The average Bonchev–Trinajstić information content (AvgIpc) is 2.74. The molecule has 1 fully saturated rings. The van der Waals surface area contributed by atoms with E-state index in [-0.39, 0.29) is 24.8 Å². The second-order valence-electron chi connectivity index (χ2n) is 4.91. The van der Waals surface area contributed by atoms with E-state index in [0.29, 0.717) is 0 Å². The van der Waals surface area contributed by atoms with E-state index in [1.165, 1.54) is 32.4 Å². The molecule has 1 aromatic rings. The first kappa shape index (κ1) is 18.6. The van der Waals surface area contributed by atoms with E-state index in [9.17, 15) is 0 Å². The van der Waals surface area contributed by atoms with Crippen LogP contribution in [0.1, 0.15) is 25.1 Å². The number of aromatic nitrogens is 3. The zero-order valence-corrected chi connectivity index (χ0v) is 13.3. The third kappa shape index (κ3) is 5.65. The molecule has 19 heavy (non-hydrogen) atoms. The summed E-state index contributed by atoms with van der Waals surface area (Å²) < 4.78 is 1.87. The molecule has 0 radical (unpaired) electrons. The summed E-state index contributed by atoms with van der Waals surface area (Å²) in [6, 6.07) is 0. The molecule has 1 aliphatic heterocycles. The Morgan fingerprint density at radius 2 is 2.00 bits per heavy atom. The highest BCUT2D eigenvalue weighted by atomic mass is 35.5. The van der Waals surface area contributed by atoms with Crippen LogP contribution in [0, 0.1) is 5.92 Å². The molecule has 0 unspecified atom stereocenters. The molecule has 1 N–H and O–H groups in total. The van der Waals surface area contributed by atoms with Crippen LogP contribution < -0.4 is 5.32 Å². The minimum Gasteiger partial charge on any atom is -0.320 e. The van der Waals surface area contributed by atoms with E-state index in [1.54, 1.807) is 6.33 Å². The fourth-order valence-electron chi connectivity index (χ4n) is 2.44. The Morgan fingerprint density at radius 1 is 1.32 bits per heavy atom. The number of hydrogen-bond acceptors (Lipinski definition) is 4. The second kappa shape index (κ2) is 9.53. The Labute approximate surface area is 128 Å². The number of nitrogens with one attached hydrogen (secondary N) is 1. The summed E-state index contributed by atoms with van der Waals surface area (Å²) in [4.78, 5) is 6.76. The lowest BCUT2D eigenvalue weighted by atomic mass is 9.93. The van der Waals surface area contributed by atoms with Crippen molar-refractivity contribution in [2.75, 3.05) is 26.7 Å². The molecular weight excluding hydrogens is 285 g/mol. The third-order valence-corrected chi connectivity index (χ3v) is 3.68. The Bertz CT molecular complexity index is 337. The molecular formula is C12H25Cl2N5. The van der Waals surface area contributed by atoms with Crippen molar-refractivity contribution in [2.45, 2.75) is 25.8 Å². The molecule has 0 spiro atoms. The topological polar surface area (TPSA) is 46.0 Å². The van der Waals surface area contributed by atoms with Gasteiger partial charge in [-0.2, -0.15) is 5.10 Å². The average molecular weight is 310 g/mol. The maximum absolute atomic E-state index is 4.28. The Hall–Kier alpha value is -0.360. The van der Waals surface area contributed by atoms with Crippen molar-refractivity contribution in [3.8, 4) is 0 Å². The summed E-state index contributed by atoms with van der Waals surface area (Å²) in [7, 11) is 3.99. The Morgan fingerprint density at radius 3 is 2.53 bits per heavy atom. The van der Waals surface area contributed by atoms with Crippen molar-refractivity contribution in [3.05, 3.63) is 12.2 Å². The van der Waals surface area contributed by atoms with Gasteiger partial charge in [0, 0.05) is 7.05 Å². The summed E-state index contributed by atoms with van der Waals surface area (Å²) in [5.41, 5.74) is 0. The van der Waals surface area contributed by atoms with Crippen LogP contribution in [-0.2, 0) is 13.6 Å². The van der Waals surface area contributed by atoms with Gasteiger partial charge in [0.25, 0.3) is 0 Å². The first-order valence-electron chi connectivity index (χ1n) is 6.49. The maximum Gasteiger partial charge on any atom is 0.140 e. The van der Waals surface area contributed by atoms with Gasteiger partial charge in [-0.05, 0) is 51.9 Å². The van der Waals surface area contributed by atoms with Gasteiger partial charge in [-0.15, -0.1) is 24.8 Å². The molecule has 0 aliphatic carbocycles. The van der Waals surface area contributed by atoms with Gasteiger partial charge in [-0.25, -0.2) is 4.98 Å². The SMILES string of the molecule is CNCCC1CCN(Cc2ncnn2C)CC1.Cl.Cl. The standard InChI is InChI=1S/C12H23N5.2ClH/c1-13-6-3-11-4-7-17(8-5-11)9-12-14-10-15-16(12)2;;/h10-11,13H,3-9H2,1-2H3;2*1H. The van der Waals surface area contributed by atoms with E-state index in [4.69, 9.17) is 0 Å². The van der Waals surface area contributed by atoms with Gasteiger partial charge in [0.1, 0.15) is 12.2 Å². The number of rotatable bonds is 5. The molecule has 2 rings (SSSR count). The fraction of sp³-hybridized carbons (Fsp3) is 0.833. The highest BCUT2D eigenvalue weighted by Gasteiger charge is 2.19. The van der Waals surface area contributed by atoms with Crippen LogP contribution in [0.5, 0.6) is 0 Å². The predicted octanol–water partition coefficient (Wildman–Crippen LogP) is 1.48. The van der Waals surface area contributed by atoms with Crippen LogP contribution in [0.2, 0.25) is 0 Å². The number of hydrogen-bond donors (Lipinski definition) is 1. The molecule has 7 heteroatoms. The van der Waals surface area contributed by atoms with Crippen molar-refractivity contribution in [1.29, 1.82) is 0 Å². The molecule has 0 saturated carbocycles. The molecule has 1 aliphatic rings. The largest absolute Gasteiger partial charge is 0.320 e. The lowest BCUT2D eigenvalue weighted by Crippen LogP contribution is -2.34. The fourth-order valence-corrected chi connectivity index (χ4v) is 2.44. The number of aryl methyl sites for hydroxylation is 1. The van der Waals surface area contributed by atoms with Gasteiger partial charge in [-0.1, -0.05) is 0 Å². The molecule has 0 bridgehead atoms. The zero-order chi connectivity index (χ0) is 12.1. The van der Waals surface area contributed by atoms with Crippen LogP contribution in [0.15, 0.2) is 6.33 Å². The Kier molecular flexibility index (Phi) is 9.35. The van der Waals surface area contributed by atoms with E-state index in [1.807, 2.05) is 18.8 Å². The normalized spacial score (nSPS) is 16.7. The highest BCUT2D eigenvalue weighted by molar-refractivity contribution is 5.85. The van der Waals surface area contributed by atoms with Crippen molar-refractivity contribution < 1.29 is 0 Å². The van der Waals surface area contributed by atoms with Crippen LogP contribution in [0.3, 0.4) is 0 Å². The smallest absolute Gasteiger partial charge is 0.140 e. The summed E-state index contributed by atoms with van der Waals surface area (Å²) >= 11 is 0. The van der Waals surface area contributed by atoms with E-state index in [0.717, 1.165) is 24.8 Å². The molecule has 112 valence electrons. The molecule has 0 amide bonds. The molecule has 5 nitrogen and oxygen atoms in total. The quantitative estimate of drug-likeness (QED) is 0.895. The van der Waals surface area contributed by atoms with Crippen molar-refractivity contribution in [3.63, 3.8) is 0 Å². The molecule has 0 aromatic carbocycles. The van der Waals surface area contributed by atoms with Crippen molar-refractivity contribution in [1.82, 2.24) is 25.0 Å². The number of halogens is 2. The van der Waals surface area contributed by atoms with Crippen LogP contribution in [0.25, 0.3) is 0 Å². The van der Waals surface area contributed by atoms with Gasteiger partial charge in [0.05, 0.1) is 6.54 Å². The maximum atomic E-state index is 4.28. The number of piperidine rings is 1. The summed E-state index contributed by atoms with van der Waals surface area (Å²) in [5.74, 6) is 1.97. The molecule has 1 saturated heterocycles. The Balaban J connectivity index is 0.00000162. The number of nitrogens with zero attached hydrogens (tertiary/aromatic N) is 4. The van der Waals surface area contributed by atoms with Gasteiger partial charge in [-0.3, -0.25) is 9.58 Å². The minimum atomic E-state index is 0. The van der Waals surface area contributed by atoms with Crippen molar-refractivity contribution >= 4 is 24.8 Å². The van der Waals surface area contributed by atoms with E-state index >= 15 is 0 Å². The van der Waals surface area contributed by atoms with E-state index in [2.05, 4.69) is 20.3 Å². The number of likely N-dealkylation sites (tertiary alicyclic amines) is 1. The summed E-state index contributed by atoms with van der Waals surface area (Å²) in [6.07, 6.45) is 5.59. The lowest BCUT2D eigenvalue weighted by molar-refractivity contribution is 0.167. The second-order valence-corrected chi connectivity index (χ2v) is 4.91. The van der Waals surface area contributed by atoms with E-state index < -0.39 is 0 Å². The monoisotopic (exact) mass is 309 g/mol. The van der Waals surface area contributed by atoms with Crippen molar-refractivity contribution in [2.24, 2.45) is 13.0 Å². The lowest BCUT2D eigenvalue weighted by Gasteiger charge is -2.31. The first-order valence-corrected chi connectivity index (χ1v) is 6.49. The molecule has 2 heterocycles. The van der Waals surface area contributed by atoms with Crippen LogP contribution in [-0.4, -0.2) is 46.3 Å². The molecule has 0 atom stereocenters. The van der Waals surface area contributed by atoms with Gasteiger partial charge < -0.3 is 5.32 Å². The van der Waals surface area contributed by atoms with Gasteiger partial charge in [0.2, 0.25) is 0 Å². The van der Waals surface area contributed by atoms with Gasteiger partial charge >= 0.3 is 0 Å². The predicted molar refractivity (Wildman–Crippen MR) is 82.0 cm³/mol. The highest BCUT2D eigenvalue weighted by Crippen LogP contribution is 2.20. The summed E-state index contributed by atoms with van der Waals surface area (Å²) in [5, 5.41) is 7.34. The van der Waals surface area contributed by atoms with Crippen LogP contribution >= 0.6 is 24.8 Å². The van der Waals surface area contributed by atoms with Crippen LogP contribution in [0.4, 0.5) is 0 Å². The minimum absolute atomic E-state index is 0.